The molecule has 0 atom stereocenters. The van der Waals surface area contributed by atoms with Gasteiger partial charge >= 0.3 is 0 Å². The molecule has 0 amide bonds. The number of aldehydes is 1. The highest BCUT2D eigenvalue weighted by molar-refractivity contribution is 5.74. The van der Waals surface area contributed by atoms with Crippen molar-refractivity contribution in [1.82, 2.24) is 4.57 Å². The van der Waals surface area contributed by atoms with Gasteiger partial charge in [-0.2, -0.15) is 0 Å². The Hall–Kier alpha value is -1.83. The maximum atomic E-state index is 10.4. The van der Waals surface area contributed by atoms with E-state index >= 15 is 0 Å². The lowest BCUT2D eigenvalue weighted by atomic mass is 10.2. The SMILES string of the molecule is C=C/C=C(\C=C)Cn1ccc(C=O)c1. The number of hydrogen-bond acceptors (Lipinski definition) is 1. The molecule has 2 heteroatoms. The molecule has 0 unspecified atom stereocenters. The van der Waals surface area contributed by atoms with Crippen LogP contribution in [0.4, 0.5) is 0 Å². The fraction of sp³-hybridized carbons (Fsp3) is 0.0833. The summed E-state index contributed by atoms with van der Waals surface area (Å²) in [5.74, 6) is 0. The zero-order chi connectivity index (χ0) is 10.4. The average Bonchev–Trinajstić information content (AvgIpc) is 2.65. The Morgan fingerprint density at radius 3 is 2.79 bits per heavy atom. The van der Waals surface area contributed by atoms with Gasteiger partial charge in [0.05, 0.1) is 0 Å². The summed E-state index contributed by atoms with van der Waals surface area (Å²) in [7, 11) is 0. The lowest BCUT2D eigenvalue weighted by Crippen LogP contribution is -1.95. The predicted molar refractivity (Wildman–Crippen MR) is 58.3 cm³/mol. The molecule has 14 heavy (non-hydrogen) atoms. The maximum absolute atomic E-state index is 10.4. The molecule has 2 nitrogen and oxygen atoms in total. The molecule has 1 aromatic heterocycles. The highest BCUT2D eigenvalue weighted by Crippen LogP contribution is 2.04. The molecule has 0 saturated heterocycles. The van der Waals surface area contributed by atoms with Gasteiger partial charge in [-0.15, -0.1) is 0 Å². The molecule has 0 spiro atoms. The molecule has 0 aliphatic heterocycles. The first kappa shape index (κ1) is 10.3. The third kappa shape index (κ3) is 2.59. The van der Waals surface area contributed by atoms with Crippen molar-refractivity contribution in [3.63, 3.8) is 0 Å². The van der Waals surface area contributed by atoms with E-state index in [-0.39, 0.29) is 0 Å². The van der Waals surface area contributed by atoms with E-state index in [2.05, 4.69) is 13.2 Å². The van der Waals surface area contributed by atoms with Crippen molar-refractivity contribution >= 4 is 6.29 Å². The van der Waals surface area contributed by atoms with Crippen LogP contribution in [0.2, 0.25) is 0 Å². The van der Waals surface area contributed by atoms with Crippen LogP contribution in [0, 0.1) is 0 Å². The average molecular weight is 187 g/mol. The summed E-state index contributed by atoms with van der Waals surface area (Å²) >= 11 is 0. The smallest absolute Gasteiger partial charge is 0.151 e. The molecule has 1 heterocycles. The number of carbonyl (C=O) groups is 1. The van der Waals surface area contributed by atoms with Gasteiger partial charge in [0.1, 0.15) is 0 Å². The van der Waals surface area contributed by atoms with Crippen molar-refractivity contribution in [3.05, 3.63) is 61.0 Å². The monoisotopic (exact) mass is 187 g/mol. The summed E-state index contributed by atoms with van der Waals surface area (Å²) < 4.78 is 1.93. The first-order valence-electron chi connectivity index (χ1n) is 4.35. The van der Waals surface area contributed by atoms with Crippen LogP contribution in [0.1, 0.15) is 10.4 Å². The highest BCUT2D eigenvalue weighted by Gasteiger charge is 1.96. The second-order valence-corrected chi connectivity index (χ2v) is 2.92. The summed E-state index contributed by atoms with van der Waals surface area (Å²) in [5, 5.41) is 0. The van der Waals surface area contributed by atoms with Crippen LogP contribution in [0.15, 0.2) is 55.4 Å². The van der Waals surface area contributed by atoms with Crippen molar-refractivity contribution in [2.75, 3.05) is 0 Å². The predicted octanol–water partition coefficient (Wildman–Crippen LogP) is 2.60. The lowest BCUT2D eigenvalue weighted by Gasteiger charge is -2.02. The molecular weight excluding hydrogens is 174 g/mol. The molecule has 0 aliphatic rings. The van der Waals surface area contributed by atoms with Crippen molar-refractivity contribution in [1.29, 1.82) is 0 Å². The minimum atomic E-state index is 0.687. The second-order valence-electron chi connectivity index (χ2n) is 2.92. The number of hydrogen-bond donors (Lipinski definition) is 0. The van der Waals surface area contributed by atoms with Crippen LogP contribution in [-0.4, -0.2) is 10.9 Å². The topological polar surface area (TPSA) is 22.0 Å². The first-order chi connectivity index (χ1) is 6.80. The molecule has 72 valence electrons. The van der Waals surface area contributed by atoms with Crippen LogP contribution in [0.25, 0.3) is 0 Å². The Morgan fingerprint density at radius 1 is 1.50 bits per heavy atom. The van der Waals surface area contributed by atoms with E-state index in [0.717, 1.165) is 11.9 Å². The number of carbonyl (C=O) groups excluding carboxylic acids is 1. The molecule has 1 rings (SSSR count). The standard InChI is InChI=1S/C12H13NO/c1-3-5-11(4-2)8-13-7-6-12(9-13)10-14/h3-7,9-10H,1-2,8H2/b11-5+. The Bertz CT molecular complexity index is 371. The van der Waals surface area contributed by atoms with E-state index in [0.29, 0.717) is 12.1 Å². The summed E-state index contributed by atoms with van der Waals surface area (Å²) in [4.78, 5) is 10.4. The zero-order valence-corrected chi connectivity index (χ0v) is 8.02. The number of aromatic nitrogens is 1. The van der Waals surface area contributed by atoms with Crippen molar-refractivity contribution in [2.24, 2.45) is 0 Å². The van der Waals surface area contributed by atoms with E-state index in [1.807, 2.05) is 16.8 Å². The van der Waals surface area contributed by atoms with Gasteiger partial charge in [0, 0.05) is 24.5 Å². The van der Waals surface area contributed by atoms with E-state index in [9.17, 15) is 4.79 Å². The van der Waals surface area contributed by atoms with Gasteiger partial charge in [-0.3, -0.25) is 4.79 Å². The Kier molecular flexibility index (Phi) is 3.68. The summed E-state index contributed by atoms with van der Waals surface area (Å²) in [6.07, 6.45) is 9.90. The summed E-state index contributed by atoms with van der Waals surface area (Å²) in [5.41, 5.74) is 1.75. The van der Waals surface area contributed by atoms with E-state index in [4.69, 9.17) is 0 Å². The second kappa shape index (κ2) is 5.02. The third-order valence-electron chi connectivity index (χ3n) is 1.87. The Balaban J connectivity index is 2.76. The van der Waals surface area contributed by atoms with Gasteiger partial charge in [0.25, 0.3) is 0 Å². The number of nitrogens with zero attached hydrogens (tertiary/aromatic N) is 1. The minimum Gasteiger partial charge on any atom is -0.349 e. The Morgan fingerprint density at radius 2 is 2.29 bits per heavy atom. The van der Waals surface area contributed by atoms with E-state index in [1.165, 1.54) is 0 Å². The summed E-state index contributed by atoms with van der Waals surface area (Å²) in [6, 6.07) is 1.78. The van der Waals surface area contributed by atoms with Gasteiger partial charge < -0.3 is 4.57 Å². The fourth-order valence-electron chi connectivity index (χ4n) is 1.17. The normalized spacial score (nSPS) is 11.0. The molecule has 1 aromatic rings. The van der Waals surface area contributed by atoms with E-state index in [1.54, 1.807) is 24.4 Å². The van der Waals surface area contributed by atoms with Crippen molar-refractivity contribution in [3.8, 4) is 0 Å². The fourth-order valence-corrected chi connectivity index (χ4v) is 1.17. The molecular formula is C12H13NO. The first-order valence-corrected chi connectivity index (χ1v) is 4.35. The van der Waals surface area contributed by atoms with Crippen LogP contribution < -0.4 is 0 Å². The minimum absolute atomic E-state index is 0.687. The van der Waals surface area contributed by atoms with Gasteiger partial charge in [0.15, 0.2) is 6.29 Å². The number of rotatable bonds is 5. The van der Waals surface area contributed by atoms with Gasteiger partial charge in [-0.1, -0.05) is 31.4 Å². The molecule has 0 radical (unpaired) electrons. The maximum Gasteiger partial charge on any atom is 0.151 e. The van der Waals surface area contributed by atoms with Crippen molar-refractivity contribution in [2.45, 2.75) is 6.54 Å². The van der Waals surface area contributed by atoms with E-state index < -0.39 is 0 Å². The molecule has 0 aliphatic carbocycles. The molecule has 0 aromatic carbocycles. The number of allylic oxidation sites excluding steroid dienone is 4. The third-order valence-corrected chi connectivity index (χ3v) is 1.87. The van der Waals surface area contributed by atoms with Crippen LogP contribution in [0.5, 0.6) is 0 Å². The largest absolute Gasteiger partial charge is 0.349 e. The highest BCUT2D eigenvalue weighted by atomic mass is 16.1. The molecule has 0 saturated carbocycles. The van der Waals surface area contributed by atoms with Gasteiger partial charge in [0.2, 0.25) is 0 Å². The van der Waals surface area contributed by atoms with Crippen LogP contribution in [-0.2, 0) is 6.54 Å². The van der Waals surface area contributed by atoms with Crippen LogP contribution >= 0.6 is 0 Å². The molecule has 0 N–H and O–H groups in total. The quantitative estimate of drug-likeness (QED) is 0.513. The molecule has 0 fully saturated rings. The van der Waals surface area contributed by atoms with Gasteiger partial charge in [-0.05, 0) is 11.6 Å². The summed E-state index contributed by atoms with van der Waals surface area (Å²) in [6.45, 7) is 8.04. The van der Waals surface area contributed by atoms with Crippen molar-refractivity contribution < 1.29 is 4.79 Å². The Labute approximate surface area is 83.9 Å². The molecule has 0 bridgehead atoms. The lowest BCUT2D eigenvalue weighted by molar-refractivity contribution is 0.112. The van der Waals surface area contributed by atoms with Gasteiger partial charge in [-0.25, -0.2) is 0 Å². The van der Waals surface area contributed by atoms with Crippen LogP contribution in [0.3, 0.4) is 0 Å². The zero-order valence-electron chi connectivity index (χ0n) is 8.02.